The molecule has 0 aromatic heterocycles. The van der Waals surface area contributed by atoms with Crippen molar-refractivity contribution in [2.75, 3.05) is 12.0 Å². The van der Waals surface area contributed by atoms with Gasteiger partial charge in [-0.1, -0.05) is 15.9 Å². The van der Waals surface area contributed by atoms with Crippen LogP contribution in [-0.2, 0) is 11.3 Å². The maximum absolute atomic E-state index is 11.2. The summed E-state index contributed by atoms with van der Waals surface area (Å²) in [5.74, 6) is 0.790. The summed E-state index contributed by atoms with van der Waals surface area (Å²) in [6.07, 6.45) is 2.66. The zero-order valence-corrected chi connectivity index (χ0v) is 15.0. The van der Waals surface area contributed by atoms with Crippen LogP contribution in [0.3, 0.4) is 0 Å². The molecule has 0 aliphatic heterocycles. The van der Waals surface area contributed by atoms with Crippen molar-refractivity contribution >= 4 is 33.7 Å². The van der Waals surface area contributed by atoms with Gasteiger partial charge in [0, 0.05) is 16.6 Å². The van der Waals surface area contributed by atoms with Crippen molar-refractivity contribution in [3.63, 3.8) is 0 Å². The Morgan fingerprint density at radius 3 is 2.76 bits per heavy atom. The van der Waals surface area contributed by atoms with E-state index in [1.54, 1.807) is 11.8 Å². The molecule has 0 radical (unpaired) electrons. The predicted molar refractivity (Wildman–Crippen MR) is 91.2 cm³/mol. The van der Waals surface area contributed by atoms with Gasteiger partial charge in [-0.25, -0.2) is 0 Å². The maximum Gasteiger partial charge on any atom is 0.320 e. The van der Waals surface area contributed by atoms with E-state index in [4.69, 9.17) is 4.74 Å². The number of carbonyl (C=O) groups is 1. The number of halogens is 1. The smallest absolute Gasteiger partial charge is 0.320 e. The SMILES string of the molecule is CSCCC(NCc1cc(Br)ccc1OC(C)C)C(=O)O. The summed E-state index contributed by atoms with van der Waals surface area (Å²) in [7, 11) is 0. The third kappa shape index (κ3) is 6.72. The van der Waals surface area contributed by atoms with E-state index in [1.165, 1.54) is 0 Å². The van der Waals surface area contributed by atoms with Crippen LogP contribution in [0.5, 0.6) is 5.75 Å². The average molecular weight is 376 g/mol. The molecule has 1 aromatic carbocycles. The normalized spacial score (nSPS) is 12.4. The average Bonchev–Trinajstić information content (AvgIpc) is 2.40. The van der Waals surface area contributed by atoms with Gasteiger partial charge in [0.15, 0.2) is 0 Å². The van der Waals surface area contributed by atoms with Crippen LogP contribution in [0.2, 0.25) is 0 Å². The van der Waals surface area contributed by atoms with Gasteiger partial charge in [0.2, 0.25) is 0 Å². The Labute approximate surface area is 138 Å². The second kappa shape index (κ2) is 9.33. The summed E-state index contributed by atoms with van der Waals surface area (Å²) in [6.45, 7) is 4.41. The minimum atomic E-state index is -0.814. The van der Waals surface area contributed by atoms with E-state index in [9.17, 15) is 9.90 Å². The van der Waals surface area contributed by atoms with Crippen molar-refractivity contribution in [2.24, 2.45) is 0 Å². The van der Waals surface area contributed by atoms with Crippen LogP contribution in [0.15, 0.2) is 22.7 Å². The number of nitrogens with one attached hydrogen (secondary N) is 1. The molecule has 0 amide bonds. The molecule has 0 fully saturated rings. The molecule has 0 aliphatic rings. The summed E-state index contributed by atoms with van der Waals surface area (Å²) in [6, 6.07) is 5.24. The fraction of sp³-hybridized carbons (Fsp3) is 0.533. The maximum atomic E-state index is 11.2. The highest BCUT2D eigenvalue weighted by Crippen LogP contribution is 2.24. The fourth-order valence-corrected chi connectivity index (χ4v) is 2.72. The fourth-order valence-electron chi connectivity index (χ4n) is 1.84. The number of carboxylic acids is 1. The number of aliphatic carboxylic acids is 1. The Kier molecular flexibility index (Phi) is 8.14. The van der Waals surface area contributed by atoms with E-state index >= 15 is 0 Å². The second-order valence-electron chi connectivity index (χ2n) is 4.97. The minimum absolute atomic E-state index is 0.0803. The third-order valence-electron chi connectivity index (χ3n) is 2.83. The van der Waals surface area contributed by atoms with Gasteiger partial charge in [-0.05, 0) is 50.5 Å². The summed E-state index contributed by atoms with van der Waals surface area (Å²) < 4.78 is 6.71. The Morgan fingerprint density at radius 2 is 2.19 bits per heavy atom. The second-order valence-corrected chi connectivity index (χ2v) is 6.87. The lowest BCUT2D eigenvalue weighted by atomic mass is 10.1. The summed E-state index contributed by atoms with van der Waals surface area (Å²) >= 11 is 5.08. The lowest BCUT2D eigenvalue weighted by Gasteiger charge is -2.18. The molecule has 1 atom stereocenters. The van der Waals surface area contributed by atoms with Crippen LogP contribution in [0, 0.1) is 0 Å². The van der Waals surface area contributed by atoms with Crippen LogP contribution in [-0.4, -0.2) is 35.2 Å². The standard InChI is InChI=1S/C15H22BrNO3S/c1-10(2)20-14-5-4-12(16)8-11(14)9-17-13(15(18)19)6-7-21-3/h4-5,8,10,13,17H,6-7,9H2,1-3H3,(H,18,19). The molecule has 2 N–H and O–H groups in total. The van der Waals surface area contributed by atoms with E-state index < -0.39 is 12.0 Å². The van der Waals surface area contributed by atoms with Gasteiger partial charge >= 0.3 is 5.97 Å². The van der Waals surface area contributed by atoms with Gasteiger partial charge in [-0.2, -0.15) is 11.8 Å². The van der Waals surface area contributed by atoms with Crippen LogP contribution >= 0.6 is 27.7 Å². The Balaban J connectivity index is 2.75. The minimum Gasteiger partial charge on any atom is -0.491 e. The van der Waals surface area contributed by atoms with Crippen molar-refractivity contribution < 1.29 is 14.6 Å². The Morgan fingerprint density at radius 1 is 1.48 bits per heavy atom. The van der Waals surface area contributed by atoms with Gasteiger partial charge in [-0.3, -0.25) is 4.79 Å². The first kappa shape index (κ1) is 18.3. The van der Waals surface area contributed by atoms with Crippen LogP contribution in [0.4, 0.5) is 0 Å². The molecule has 4 nitrogen and oxygen atoms in total. The van der Waals surface area contributed by atoms with Crippen molar-refractivity contribution in [3.05, 3.63) is 28.2 Å². The van der Waals surface area contributed by atoms with Crippen molar-refractivity contribution in [1.29, 1.82) is 0 Å². The van der Waals surface area contributed by atoms with Gasteiger partial charge in [0.1, 0.15) is 11.8 Å². The molecule has 1 rings (SSSR count). The van der Waals surface area contributed by atoms with E-state index in [2.05, 4.69) is 21.2 Å². The number of hydrogen-bond donors (Lipinski definition) is 2. The first-order chi connectivity index (χ1) is 9.93. The number of benzene rings is 1. The van der Waals surface area contributed by atoms with E-state index in [0.29, 0.717) is 13.0 Å². The van der Waals surface area contributed by atoms with Crippen molar-refractivity contribution in [2.45, 2.75) is 39.0 Å². The summed E-state index contributed by atoms with van der Waals surface area (Å²) in [4.78, 5) is 11.2. The first-order valence-electron chi connectivity index (χ1n) is 6.84. The Bertz CT molecular complexity index is 468. The van der Waals surface area contributed by atoms with E-state index in [1.807, 2.05) is 38.3 Å². The highest BCUT2D eigenvalue weighted by atomic mass is 79.9. The van der Waals surface area contributed by atoms with Crippen LogP contribution < -0.4 is 10.1 Å². The van der Waals surface area contributed by atoms with Gasteiger partial charge in [-0.15, -0.1) is 0 Å². The molecule has 6 heteroatoms. The van der Waals surface area contributed by atoms with Crippen LogP contribution in [0.25, 0.3) is 0 Å². The molecule has 1 unspecified atom stereocenters. The van der Waals surface area contributed by atoms with E-state index in [-0.39, 0.29) is 6.10 Å². The lowest BCUT2D eigenvalue weighted by Crippen LogP contribution is -2.36. The van der Waals surface area contributed by atoms with Gasteiger partial charge in [0.25, 0.3) is 0 Å². The van der Waals surface area contributed by atoms with Gasteiger partial charge in [0.05, 0.1) is 6.10 Å². The van der Waals surface area contributed by atoms with Crippen LogP contribution in [0.1, 0.15) is 25.8 Å². The molecule has 0 bridgehead atoms. The summed E-state index contributed by atoms with van der Waals surface area (Å²) in [5, 5.41) is 12.3. The van der Waals surface area contributed by atoms with Crippen molar-refractivity contribution in [3.8, 4) is 5.75 Å². The number of ether oxygens (including phenoxy) is 1. The number of carboxylic acid groups (broad SMARTS) is 1. The molecule has 0 saturated carbocycles. The molecular formula is C15H22BrNO3S. The molecule has 0 spiro atoms. The van der Waals surface area contributed by atoms with E-state index in [0.717, 1.165) is 21.5 Å². The highest BCUT2D eigenvalue weighted by Gasteiger charge is 2.17. The monoisotopic (exact) mass is 375 g/mol. The summed E-state index contributed by atoms with van der Waals surface area (Å²) in [5.41, 5.74) is 0.952. The number of hydrogen-bond acceptors (Lipinski definition) is 4. The zero-order valence-electron chi connectivity index (χ0n) is 12.6. The zero-order chi connectivity index (χ0) is 15.8. The molecule has 21 heavy (non-hydrogen) atoms. The topological polar surface area (TPSA) is 58.6 Å². The molecule has 0 saturated heterocycles. The van der Waals surface area contributed by atoms with Gasteiger partial charge < -0.3 is 15.2 Å². The largest absolute Gasteiger partial charge is 0.491 e. The molecule has 0 heterocycles. The number of thioether (sulfide) groups is 1. The third-order valence-corrected chi connectivity index (χ3v) is 3.97. The molecule has 118 valence electrons. The molecular weight excluding hydrogens is 354 g/mol. The highest BCUT2D eigenvalue weighted by molar-refractivity contribution is 9.10. The molecule has 0 aliphatic carbocycles. The quantitative estimate of drug-likeness (QED) is 0.691. The lowest BCUT2D eigenvalue weighted by molar-refractivity contribution is -0.139. The molecule has 1 aromatic rings. The van der Waals surface area contributed by atoms with Crippen molar-refractivity contribution in [1.82, 2.24) is 5.32 Å². The first-order valence-corrected chi connectivity index (χ1v) is 9.03. The Hall–Kier alpha value is -0.720. The predicted octanol–water partition coefficient (Wildman–Crippen LogP) is 3.53. The number of rotatable bonds is 9.